The van der Waals surface area contributed by atoms with Crippen LogP contribution < -0.4 is 16.0 Å². The first-order chi connectivity index (χ1) is 15.2. The second-order valence-corrected chi connectivity index (χ2v) is 6.85. The van der Waals surface area contributed by atoms with Crippen molar-refractivity contribution in [2.24, 2.45) is 0 Å². The van der Waals surface area contributed by atoms with Gasteiger partial charge in [-0.2, -0.15) is 0 Å². The predicted molar refractivity (Wildman–Crippen MR) is 121 cm³/mol. The molecule has 31 heavy (non-hydrogen) atoms. The second kappa shape index (κ2) is 9.53. The van der Waals surface area contributed by atoms with Crippen LogP contribution in [0, 0.1) is 6.92 Å². The van der Waals surface area contributed by atoms with Gasteiger partial charge in [-0.25, -0.2) is 15.0 Å². The molecule has 3 aromatic heterocycles. The highest BCUT2D eigenvalue weighted by atomic mass is 16.1. The molecular weight excluding hydrogens is 390 g/mol. The highest BCUT2D eigenvalue weighted by molar-refractivity contribution is 5.94. The molecule has 4 aromatic rings. The molecule has 3 heterocycles. The van der Waals surface area contributed by atoms with Crippen molar-refractivity contribution in [1.29, 1.82) is 0 Å². The van der Waals surface area contributed by atoms with E-state index in [4.69, 9.17) is 0 Å². The Morgan fingerprint density at radius 2 is 1.68 bits per heavy atom. The van der Waals surface area contributed by atoms with Crippen LogP contribution in [0.15, 0.2) is 79.3 Å². The average Bonchev–Trinajstić information content (AvgIpc) is 3.32. The molecule has 0 spiro atoms. The van der Waals surface area contributed by atoms with Crippen molar-refractivity contribution >= 4 is 23.4 Å². The van der Waals surface area contributed by atoms with E-state index in [-0.39, 0.29) is 5.91 Å². The highest BCUT2D eigenvalue weighted by Crippen LogP contribution is 2.15. The second-order valence-electron chi connectivity index (χ2n) is 6.85. The molecule has 0 aliphatic rings. The summed E-state index contributed by atoms with van der Waals surface area (Å²) in [5.74, 6) is 2.56. The van der Waals surface area contributed by atoms with Gasteiger partial charge in [0.15, 0.2) is 0 Å². The van der Waals surface area contributed by atoms with Gasteiger partial charge in [0.25, 0.3) is 5.91 Å². The topological polar surface area (TPSA) is 96.8 Å². The summed E-state index contributed by atoms with van der Waals surface area (Å²) in [6.45, 7) is 2.82. The lowest BCUT2D eigenvalue weighted by molar-refractivity contribution is 0.0955. The van der Waals surface area contributed by atoms with Crippen molar-refractivity contribution in [1.82, 2.24) is 24.8 Å². The molecular formula is C23H23N7O. The highest BCUT2D eigenvalue weighted by Gasteiger charge is 2.06. The van der Waals surface area contributed by atoms with E-state index < -0.39 is 0 Å². The lowest BCUT2D eigenvalue weighted by atomic mass is 10.2. The smallest absolute Gasteiger partial charge is 0.251 e. The maximum Gasteiger partial charge on any atom is 0.251 e. The van der Waals surface area contributed by atoms with Crippen molar-refractivity contribution in [2.45, 2.75) is 6.92 Å². The van der Waals surface area contributed by atoms with Gasteiger partial charge in [-0.1, -0.05) is 6.07 Å². The van der Waals surface area contributed by atoms with E-state index in [0.717, 1.165) is 5.69 Å². The number of pyridine rings is 1. The normalized spacial score (nSPS) is 10.5. The summed E-state index contributed by atoms with van der Waals surface area (Å²) < 4.78 is 1.99. The van der Waals surface area contributed by atoms with Gasteiger partial charge in [0.05, 0.1) is 0 Å². The van der Waals surface area contributed by atoms with Crippen LogP contribution in [0.4, 0.5) is 17.5 Å². The van der Waals surface area contributed by atoms with Crippen LogP contribution in [0.2, 0.25) is 0 Å². The Labute approximate surface area is 180 Å². The zero-order valence-electron chi connectivity index (χ0n) is 17.1. The third kappa shape index (κ3) is 5.45. The van der Waals surface area contributed by atoms with E-state index in [2.05, 4.69) is 30.9 Å². The number of nitrogens with one attached hydrogen (secondary N) is 3. The number of carbonyl (C=O) groups is 1. The van der Waals surface area contributed by atoms with Gasteiger partial charge >= 0.3 is 0 Å². The summed E-state index contributed by atoms with van der Waals surface area (Å²) >= 11 is 0. The number of rotatable bonds is 8. The van der Waals surface area contributed by atoms with Crippen molar-refractivity contribution in [3.63, 3.8) is 0 Å². The molecule has 0 aliphatic carbocycles. The molecule has 0 saturated carbocycles. The summed E-state index contributed by atoms with van der Waals surface area (Å²) in [6, 6.07) is 18.8. The first kappa shape index (κ1) is 20.1. The SMILES string of the molecule is Cc1nc(NCCNC(=O)c2ccc(-n3cccc3)cc2)cc(Nc2ccccn2)n1. The van der Waals surface area contributed by atoms with Gasteiger partial charge in [0.1, 0.15) is 23.3 Å². The van der Waals surface area contributed by atoms with Crippen molar-refractivity contribution in [3.8, 4) is 5.69 Å². The first-order valence-corrected chi connectivity index (χ1v) is 9.96. The minimum Gasteiger partial charge on any atom is -0.368 e. The third-order valence-corrected chi connectivity index (χ3v) is 4.51. The average molecular weight is 413 g/mol. The Balaban J connectivity index is 1.28. The number of hydrogen-bond donors (Lipinski definition) is 3. The number of aromatic nitrogens is 4. The van der Waals surface area contributed by atoms with Crippen LogP contribution in [-0.2, 0) is 0 Å². The van der Waals surface area contributed by atoms with Gasteiger partial charge in [-0.15, -0.1) is 0 Å². The van der Waals surface area contributed by atoms with E-state index in [1.807, 2.05) is 84.5 Å². The lowest BCUT2D eigenvalue weighted by Crippen LogP contribution is -2.28. The standard InChI is InChI=1S/C23H23N7O/c1-17-27-21(16-22(28-17)29-20-6-2-3-11-24-20)25-12-13-26-23(31)18-7-9-19(10-8-18)30-14-4-5-15-30/h2-11,14-16H,12-13H2,1H3,(H,26,31)(H2,24,25,27,28,29). The maximum atomic E-state index is 12.4. The summed E-state index contributed by atoms with van der Waals surface area (Å²) in [5.41, 5.74) is 1.63. The maximum absolute atomic E-state index is 12.4. The molecule has 4 rings (SSSR count). The summed E-state index contributed by atoms with van der Waals surface area (Å²) in [4.78, 5) is 25.4. The number of benzene rings is 1. The monoisotopic (exact) mass is 413 g/mol. The molecule has 1 amide bonds. The summed E-state index contributed by atoms with van der Waals surface area (Å²) in [6.07, 6.45) is 5.64. The minimum atomic E-state index is -0.114. The van der Waals surface area contributed by atoms with Gasteiger partial charge in [0.2, 0.25) is 0 Å². The summed E-state index contributed by atoms with van der Waals surface area (Å²) in [5, 5.41) is 9.29. The fourth-order valence-corrected chi connectivity index (χ4v) is 3.05. The fourth-order valence-electron chi connectivity index (χ4n) is 3.05. The molecule has 0 fully saturated rings. The Hall–Kier alpha value is -4.20. The zero-order chi connectivity index (χ0) is 21.5. The van der Waals surface area contributed by atoms with E-state index in [0.29, 0.717) is 41.9 Å². The third-order valence-electron chi connectivity index (χ3n) is 4.51. The van der Waals surface area contributed by atoms with Crippen LogP contribution in [-0.4, -0.2) is 38.5 Å². The van der Waals surface area contributed by atoms with Crippen LogP contribution in [0.5, 0.6) is 0 Å². The van der Waals surface area contributed by atoms with Crippen LogP contribution in [0.1, 0.15) is 16.2 Å². The number of nitrogens with zero attached hydrogens (tertiary/aromatic N) is 4. The molecule has 1 aromatic carbocycles. The molecule has 0 saturated heterocycles. The number of hydrogen-bond acceptors (Lipinski definition) is 6. The Morgan fingerprint density at radius 1 is 0.903 bits per heavy atom. The quantitative estimate of drug-likeness (QED) is 0.382. The number of amides is 1. The van der Waals surface area contributed by atoms with Gasteiger partial charge < -0.3 is 20.5 Å². The zero-order valence-corrected chi connectivity index (χ0v) is 17.1. The van der Waals surface area contributed by atoms with E-state index in [9.17, 15) is 4.79 Å². The molecule has 8 nitrogen and oxygen atoms in total. The van der Waals surface area contributed by atoms with Crippen LogP contribution in [0.3, 0.4) is 0 Å². The molecule has 0 aliphatic heterocycles. The van der Waals surface area contributed by atoms with Crippen molar-refractivity contribution in [2.75, 3.05) is 23.7 Å². The summed E-state index contributed by atoms with van der Waals surface area (Å²) in [7, 11) is 0. The number of aryl methyl sites for hydroxylation is 1. The lowest BCUT2D eigenvalue weighted by Gasteiger charge is -2.11. The van der Waals surface area contributed by atoms with Crippen LogP contribution >= 0.6 is 0 Å². The minimum absolute atomic E-state index is 0.114. The van der Waals surface area contributed by atoms with Gasteiger partial charge in [-0.05, 0) is 55.5 Å². The molecule has 0 atom stereocenters. The van der Waals surface area contributed by atoms with E-state index >= 15 is 0 Å². The molecule has 8 heteroatoms. The van der Waals surface area contributed by atoms with Crippen molar-refractivity contribution < 1.29 is 4.79 Å². The Kier molecular flexibility index (Phi) is 6.18. The first-order valence-electron chi connectivity index (χ1n) is 9.96. The van der Waals surface area contributed by atoms with Crippen molar-refractivity contribution in [3.05, 3.63) is 90.6 Å². The molecule has 0 radical (unpaired) electrons. The predicted octanol–water partition coefficient (Wildman–Crippen LogP) is 3.56. The van der Waals surface area contributed by atoms with Gasteiger partial charge in [0, 0.05) is 49.0 Å². The Morgan fingerprint density at radius 3 is 2.42 bits per heavy atom. The largest absolute Gasteiger partial charge is 0.368 e. The molecule has 0 bridgehead atoms. The number of carbonyl (C=O) groups excluding carboxylic acids is 1. The molecule has 156 valence electrons. The van der Waals surface area contributed by atoms with Crippen LogP contribution in [0.25, 0.3) is 5.69 Å². The van der Waals surface area contributed by atoms with E-state index in [1.54, 1.807) is 6.20 Å². The Bertz CT molecular complexity index is 1130. The molecule has 3 N–H and O–H groups in total. The van der Waals surface area contributed by atoms with Gasteiger partial charge in [-0.3, -0.25) is 4.79 Å². The number of anilines is 3. The van der Waals surface area contributed by atoms with E-state index in [1.165, 1.54) is 0 Å². The molecule has 0 unspecified atom stereocenters. The fraction of sp³-hybridized carbons (Fsp3) is 0.130.